The highest BCUT2D eigenvalue weighted by atomic mass is 32.1. The lowest BCUT2D eigenvalue weighted by molar-refractivity contribution is -0.126. The molecule has 0 aromatic heterocycles. The molecule has 0 heterocycles. The molecule has 0 saturated carbocycles. The fourth-order valence-corrected chi connectivity index (χ4v) is 2.50. The summed E-state index contributed by atoms with van der Waals surface area (Å²) in [5, 5.41) is 3.07. The second-order valence-corrected chi connectivity index (χ2v) is 7.10. The first-order valence-corrected chi connectivity index (χ1v) is 8.42. The van der Waals surface area contributed by atoms with Gasteiger partial charge in [0.15, 0.2) is 0 Å². The van der Waals surface area contributed by atoms with Crippen LogP contribution in [-0.2, 0) is 16.0 Å². The summed E-state index contributed by atoms with van der Waals surface area (Å²) in [6, 6.07) is 10.4. The van der Waals surface area contributed by atoms with Crippen molar-refractivity contribution in [2.24, 2.45) is 0 Å². The van der Waals surface area contributed by atoms with E-state index in [2.05, 4.69) is 17.4 Å². The van der Waals surface area contributed by atoms with Crippen LogP contribution in [-0.4, -0.2) is 22.7 Å². The van der Waals surface area contributed by atoms with Crippen LogP contribution in [0.5, 0.6) is 0 Å². The number of unbranched alkanes of at least 4 members (excludes halogenated alkanes) is 1. The van der Waals surface area contributed by atoms with E-state index in [9.17, 15) is 4.79 Å². The van der Waals surface area contributed by atoms with Crippen LogP contribution in [0.15, 0.2) is 30.3 Å². The zero-order valence-corrected chi connectivity index (χ0v) is 15.0. The molecule has 1 rings (SSSR count). The molecule has 1 radical (unpaired) electrons. The van der Waals surface area contributed by atoms with Crippen molar-refractivity contribution in [1.29, 1.82) is 0 Å². The largest absolute Gasteiger partial charge is 0.354 e. The van der Waals surface area contributed by atoms with Gasteiger partial charge in [-0.3, -0.25) is 10.5 Å². The van der Waals surface area contributed by atoms with Gasteiger partial charge in [-0.1, -0.05) is 42.5 Å². The zero-order chi connectivity index (χ0) is 17.3. The van der Waals surface area contributed by atoms with Crippen molar-refractivity contribution < 1.29 is 9.53 Å². The van der Waals surface area contributed by atoms with Crippen LogP contribution in [0.4, 0.5) is 0 Å². The van der Waals surface area contributed by atoms with Gasteiger partial charge in [-0.15, -0.1) is 0 Å². The van der Waals surface area contributed by atoms with E-state index in [1.807, 2.05) is 39.0 Å². The van der Waals surface area contributed by atoms with Crippen LogP contribution < -0.4 is 11.1 Å². The number of carbonyl (C=O) groups excluding carboxylic acids is 1. The maximum absolute atomic E-state index is 11.0. The SMILES string of the molecule is CC(C)(C)OC(CC([NH])=O)NC(=S)CCCCc1ccccc1. The van der Waals surface area contributed by atoms with Crippen molar-refractivity contribution in [1.82, 2.24) is 11.1 Å². The predicted molar refractivity (Wildman–Crippen MR) is 97.1 cm³/mol. The average molecular weight is 335 g/mol. The smallest absolute Gasteiger partial charge is 0.242 e. The van der Waals surface area contributed by atoms with Crippen molar-refractivity contribution in [2.75, 3.05) is 0 Å². The Morgan fingerprint density at radius 2 is 1.91 bits per heavy atom. The Balaban J connectivity index is 2.32. The highest BCUT2D eigenvalue weighted by Gasteiger charge is 2.21. The number of hydrogen-bond donors (Lipinski definition) is 1. The molecule has 5 heteroatoms. The normalized spacial score (nSPS) is 12.7. The maximum Gasteiger partial charge on any atom is 0.242 e. The molecule has 0 aliphatic rings. The molecule has 4 nitrogen and oxygen atoms in total. The number of carbonyl (C=O) groups is 1. The third kappa shape index (κ3) is 10.0. The molecule has 0 aliphatic carbocycles. The van der Waals surface area contributed by atoms with Gasteiger partial charge in [-0.2, -0.15) is 0 Å². The molecule has 0 saturated heterocycles. The summed E-state index contributed by atoms with van der Waals surface area (Å²) in [5.74, 6) is -0.654. The standard InChI is InChI=1S/C18H27N2O2S/c1-18(2,3)22-16(13-15(19)21)20-17(23)12-8-7-11-14-9-5-4-6-10-14/h4-6,9-10,16,19H,7-8,11-13H2,1-3H3,(H,20,23). The lowest BCUT2D eigenvalue weighted by Crippen LogP contribution is -2.42. The number of thiocarbonyl (C=S) groups is 1. The van der Waals surface area contributed by atoms with Crippen LogP contribution in [0.1, 0.15) is 52.0 Å². The Kier molecular flexibility index (Phi) is 8.20. The molecule has 0 bridgehead atoms. The molecule has 23 heavy (non-hydrogen) atoms. The van der Waals surface area contributed by atoms with Gasteiger partial charge in [-0.05, 0) is 52.0 Å². The molecule has 0 aliphatic heterocycles. The van der Waals surface area contributed by atoms with E-state index in [0.717, 1.165) is 25.7 Å². The number of aryl methyl sites for hydroxylation is 1. The summed E-state index contributed by atoms with van der Waals surface area (Å²) in [4.78, 5) is 11.7. The van der Waals surface area contributed by atoms with Gasteiger partial charge >= 0.3 is 0 Å². The second-order valence-electron chi connectivity index (χ2n) is 6.61. The molecular formula is C18H27N2O2S. The van der Waals surface area contributed by atoms with E-state index in [4.69, 9.17) is 22.7 Å². The molecule has 0 fully saturated rings. The molecule has 1 aromatic rings. The second kappa shape index (κ2) is 9.63. The number of hydrogen-bond acceptors (Lipinski definition) is 3. The minimum absolute atomic E-state index is 0.00141. The van der Waals surface area contributed by atoms with Crippen molar-refractivity contribution in [3.63, 3.8) is 0 Å². The van der Waals surface area contributed by atoms with E-state index in [1.54, 1.807) is 0 Å². The predicted octanol–water partition coefficient (Wildman–Crippen LogP) is 3.66. The highest BCUT2D eigenvalue weighted by Crippen LogP contribution is 2.13. The summed E-state index contributed by atoms with van der Waals surface area (Å²) in [6.45, 7) is 5.75. The zero-order valence-electron chi connectivity index (χ0n) is 14.2. The van der Waals surface area contributed by atoms with E-state index in [0.29, 0.717) is 4.99 Å². The quantitative estimate of drug-likeness (QED) is 0.425. The van der Waals surface area contributed by atoms with Crippen molar-refractivity contribution in [2.45, 2.75) is 64.7 Å². The molecule has 2 N–H and O–H groups in total. The first kappa shape index (κ1) is 19.6. The van der Waals surface area contributed by atoms with Gasteiger partial charge in [0, 0.05) is 0 Å². The minimum atomic E-state index is -0.654. The van der Waals surface area contributed by atoms with Crippen molar-refractivity contribution in [3.05, 3.63) is 35.9 Å². The van der Waals surface area contributed by atoms with Gasteiger partial charge in [0.05, 0.1) is 17.0 Å². The first-order valence-electron chi connectivity index (χ1n) is 8.02. The number of ether oxygens (including phenoxy) is 1. The summed E-state index contributed by atoms with van der Waals surface area (Å²) in [5.41, 5.74) is 8.06. The minimum Gasteiger partial charge on any atom is -0.354 e. The van der Waals surface area contributed by atoms with Crippen molar-refractivity contribution in [3.8, 4) is 0 Å². The van der Waals surface area contributed by atoms with Crippen LogP contribution >= 0.6 is 12.2 Å². The van der Waals surface area contributed by atoms with Gasteiger partial charge in [-0.25, -0.2) is 0 Å². The topological polar surface area (TPSA) is 62.1 Å². The van der Waals surface area contributed by atoms with Crippen LogP contribution in [0, 0.1) is 0 Å². The highest BCUT2D eigenvalue weighted by molar-refractivity contribution is 7.80. The molecule has 1 amide bonds. The van der Waals surface area contributed by atoms with E-state index >= 15 is 0 Å². The lowest BCUT2D eigenvalue weighted by atomic mass is 10.1. The first-order chi connectivity index (χ1) is 10.8. The van der Waals surface area contributed by atoms with Crippen LogP contribution in [0.2, 0.25) is 0 Å². The molecule has 1 atom stereocenters. The Hall–Kier alpha value is -1.46. The Labute approximate surface area is 144 Å². The fourth-order valence-electron chi connectivity index (χ4n) is 2.23. The number of amides is 1. The number of benzene rings is 1. The van der Waals surface area contributed by atoms with Gasteiger partial charge in [0.25, 0.3) is 0 Å². The van der Waals surface area contributed by atoms with Gasteiger partial charge < -0.3 is 10.1 Å². The monoisotopic (exact) mass is 335 g/mol. The van der Waals surface area contributed by atoms with Crippen LogP contribution in [0.25, 0.3) is 0 Å². The maximum atomic E-state index is 11.0. The molecular weight excluding hydrogens is 308 g/mol. The summed E-state index contributed by atoms with van der Waals surface area (Å²) in [7, 11) is 0. The third-order valence-corrected chi connectivity index (χ3v) is 3.47. The number of rotatable bonds is 9. The third-order valence-electron chi connectivity index (χ3n) is 3.15. The Morgan fingerprint density at radius 1 is 1.26 bits per heavy atom. The Morgan fingerprint density at radius 3 is 2.48 bits per heavy atom. The molecule has 127 valence electrons. The lowest BCUT2D eigenvalue weighted by Gasteiger charge is -2.28. The van der Waals surface area contributed by atoms with Crippen LogP contribution in [0.3, 0.4) is 0 Å². The summed E-state index contributed by atoms with van der Waals surface area (Å²) >= 11 is 5.34. The molecule has 1 aromatic carbocycles. The number of nitrogens with one attached hydrogen (secondary N) is 2. The Bertz CT molecular complexity index is 497. The van der Waals surface area contributed by atoms with Gasteiger partial charge in [0.2, 0.25) is 5.91 Å². The van der Waals surface area contributed by atoms with E-state index < -0.39 is 17.7 Å². The van der Waals surface area contributed by atoms with E-state index in [-0.39, 0.29) is 6.42 Å². The van der Waals surface area contributed by atoms with Crippen molar-refractivity contribution >= 4 is 23.1 Å². The van der Waals surface area contributed by atoms with Gasteiger partial charge in [0.1, 0.15) is 6.23 Å². The molecule has 1 unspecified atom stereocenters. The molecule has 0 spiro atoms. The average Bonchev–Trinajstić information content (AvgIpc) is 2.42. The summed E-state index contributed by atoms with van der Waals surface area (Å²) in [6.07, 6.45) is 3.32. The fraction of sp³-hybridized carbons (Fsp3) is 0.556. The summed E-state index contributed by atoms with van der Waals surface area (Å²) < 4.78 is 5.76. The van der Waals surface area contributed by atoms with E-state index in [1.165, 1.54) is 5.56 Å².